The van der Waals surface area contributed by atoms with Crippen molar-refractivity contribution in [3.8, 4) is 5.75 Å². The third kappa shape index (κ3) is 3.88. The summed E-state index contributed by atoms with van der Waals surface area (Å²) in [7, 11) is 0. The summed E-state index contributed by atoms with van der Waals surface area (Å²) in [4.78, 5) is 0. The van der Waals surface area contributed by atoms with Crippen LogP contribution in [0.5, 0.6) is 5.75 Å². The van der Waals surface area contributed by atoms with Crippen molar-refractivity contribution in [1.29, 1.82) is 0 Å². The molecule has 1 nitrogen and oxygen atoms in total. The molecular formula is C22H11F9OS. The van der Waals surface area contributed by atoms with Crippen molar-refractivity contribution in [2.75, 3.05) is 0 Å². The first kappa shape index (κ1) is 23.2. The summed E-state index contributed by atoms with van der Waals surface area (Å²) in [6.07, 6.45) is -9.56. The number of rotatable bonds is 4. The van der Waals surface area contributed by atoms with Crippen LogP contribution in [-0.4, -0.2) is 0 Å². The second kappa shape index (κ2) is 7.82. The van der Waals surface area contributed by atoms with E-state index in [0.29, 0.717) is 34.8 Å². The summed E-state index contributed by atoms with van der Waals surface area (Å²) >= 11 is 0.607. The number of hydrogen-bond donors (Lipinski definition) is 0. The molecule has 1 heterocycles. The molecule has 0 spiro atoms. The molecule has 4 rings (SSSR count). The molecule has 4 aromatic rings. The monoisotopic (exact) mass is 494 g/mol. The van der Waals surface area contributed by atoms with Crippen molar-refractivity contribution >= 4 is 31.5 Å². The fourth-order valence-corrected chi connectivity index (χ4v) is 4.66. The Morgan fingerprint density at radius 1 is 0.788 bits per heavy atom. The highest BCUT2D eigenvalue weighted by Crippen LogP contribution is 2.43. The Hall–Kier alpha value is -2.95. The number of fused-ring (bicyclic) bond motifs is 3. The van der Waals surface area contributed by atoms with Gasteiger partial charge >= 0.3 is 12.3 Å². The zero-order chi connectivity index (χ0) is 24.3. The van der Waals surface area contributed by atoms with E-state index in [1.165, 1.54) is 12.1 Å². The van der Waals surface area contributed by atoms with Crippen molar-refractivity contribution in [3.05, 3.63) is 76.4 Å². The molecule has 1 aromatic heterocycles. The van der Waals surface area contributed by atoms with Gasteiger partial charge in [0.15, 0.2) is 5.82 Å². The minimum atomic E-state index is -5.40. The Kier molecular flexibility index (Phi) is 5.50. The summed E-state index contributed by atoms with van der Waals surface area (Å²) in [5, 5.41) is 0.478. The summed E-state index contributed by atoms with van der Waals surface area (Å²) in [5.41, 5.74) is -3.25. The number of hydrogen-bond acceptors (Lipinski definition) is 2. The van der Waals surface area contributed by atoms with Crippen LogP contribution in [0, 0.1) is 23.3 Å². The second-order valence-electron chi connectivity index (χ2n) is 7.05. The maximum atomic E-state index is 15.0. The average Bonchev–Trinajstić information content (AvgIpc) is 3.07. The van der Waals surface area contributed by atoms with Gasteiger partial charge in [0, 0.05) is 22.9 Å². The van der Waals surface area contributed by atoms with Crippen LogP contribution in [0.4, 0.5) is 39.5 Å². The summed E-state index contributed by atoms with van der Waals surface area (Å²) in [6, 6.07) is 4.67. The molecule has 11 heteroatoms. The predicted octanol–water partition coefficient (Wildman–Crippen LogP) is 8.32. The van der Waals surface area contributed by atoms with Crippen molar-refractivity contribution in [3.63, 3.8) is 0 Å². The van der Waals surface area contributed by atoms with Gasteiger partial charge in [-0.15, -0.1) is 11.3 Å². The quantitative estimate of drug-likeness (QED) is 0.259. The van der Waals surface area contributed by atoms with Crippen molar-refractivity contribution in [2.45, 2.75) is 25.6 Å². The molecule has 174 valence electrons. The highest BCUT2D eigenvalue weighted by molar-refractivity contribution is 7.25. The molecule has 0 radical (unpaired) electrons. The largest absolute Gasteiger partial charge is 0.429 e. The normalized spacial score (nSPS) is 12.7. The maximum absolute atomic E-state index is 15.0. The van der Waals surface area contributed by atoms with Gasteiger partial charge in [-0.2, -0.15) is 22.0 Å². The van der Waals surface area contributed by atoms with E-state index >= 15 is 4.39 Å². The van der Waals surface area contributed by atoms with Crippen LogP contribution in [-0.2, 0) is 18.7 Å². The van der Waals surface area contributed by atoms with E-state index in [0.717, 1.165) is 6.07 Å². The van der Waals surface area contributed by atoms with Gasteiger partial charge in [0.1, 0.15) is 34.3 Å². The molecule has 3 aromatic carbocycles. The smallest absolute Gasteiger partial charge is 0.429 e. The molecule has 0 amide bonds. The van der Waals surface area contributed by atoms with E-state index < -0.39 is 52.4 Å². The highest BCUT2D eigenvalue weighted by Gasteiger charge is 2.41. The van der Waals surface area contributed by atoms with E-state index in [-0.39, 0.29) is 26.9 Å². The summed E-state index contributed by atoms with van der Waals surface area (Å²) in [6.45, 7) is 1.71. The van der Waals surface area contributed by atoms with Crippen LogP contribution in [0.25, 0.3) is 20.2 Å². The van der Waals surface area contributed by atoms with Gasteiger partial charge in [0.05, 0.1) is 9.40 Å². The average molecular weight is 494 g/mol. The fraction of sp³-hybridized carbons (Fsp3) is 0.182. The minimum Gasteiger partial charge on any atom is -0.429 e. The molecular weight excluding hydrogens is 483 g/mol. The maximum Gasteiger partial charge on any atom is 0.429 e. The first-order valence-corrected chi connectivity index (χ1v) is 10.1. The van der Waals surface area contributed by atoms with Crippen molar-refractivity contribution in [2.24, 2.45) is 0 Å². The van der Waals surface area contributed by atoms with E-state index in [1.54, 1.807) is 6.92 Å². The lowest BCUT2D eigenvalue weighted by Crippen LogP contribution is -2.24. The Morgan fingerprint density at radius 3 is 1.88 bits per heavy atom. The van der Waals surface area contributed by atoms with Gasteiger partial charge in [0.2, 0.25) is 0 Å². The van der Waals surface area contributed by atoms with Gasteiger partial charge in [-0.1, -0.05) is 25.1 Å². The second-order valence-corrected chi connectivity index (χ2v) is 8.07. The minimum absolute atomic E-state index is 0.0662. The molecule has 0 aliphatic carbocycles. The van der Waals surface area contributed by atoms with Crippen molar-refractivity contribution < 1.29 is 44.3 Å². The fourth-order valence-electron chi connectivity index (χ4n) is 3.46. The SMILES string of the molecule is CCc1ccc2c(sc3c(F)c(C(F)(F)Oc4cc(F)c(C(F)(F)F)c(F)c4)ccc32)c1F. The molecule has 0 saturated carbocycles. The lowest BCUT2D eigenvalue weighted by atomic mass is 10.1. The van der Waals surface area contributed by atoms with E-state index in [2.05, 4.69) is 4.74 Å². The third-order valence-electron chi connectivity index (χ3n) is 5.01. The standard InChI is InChI=1S/C22H11F9OS/c1-2-9-3-4-11-12-5-6-13(18(26)20(12)33-19(11)17(9)25)22(30,31)32-10-7-14(23)16(15(24)8-10)21(27,28)29/h3-8H,2H2,1H3. The van der Waals surface area contributed by atoms with Crippen LogP contribution >= 0.6 is 11.3 Å². The summed E-state index contributed by atoms with van der Waals surface area (Å²) < 4.78 is 128. The zero-order valence-electron chi connectivity index (χ0n) is 16.4. The Morgan fingerprint density at radius 2 is 1.33 bits per heavy atom. The first-order valence-electron chi connectivity index (χ1n) is 9.30. The number of ether oxygens (including phenoxy) is 1. The number of benzene rings is 3. The van der Waals surface area contributed by atoms with Crippen LogP contribution < -0.4 is 4.74 Å². The molecule has 0 N–H and O–H groups in total. The van der Waals surface area contributed by atoms with Gasteiger partial charge in [-0.05, 0) is 18.1 Å². The van der Waals surface area contributed by atoms with Crippen LogP contribution in [0.3, 0.4) is 0 Å². The molecule has 0 atom stereocenters. The Bertz CT molecular complexity index is 1370. The molecule has 0 fully saturated rings. The van der Waals surface area contributed by atoms with Gasteiger partial charge in [-0.3, -0.25) is 0 Å². The number of thiophene rings is 1. The third-order valence-corrected chi connectivity index (χ3v) is 6.21. The number of alkyl halides is 5. The molecule has 33 heavy (non-hydrogen) atoms. The zero-order valence-corrected chi connectivity index (χ0v) is 17.2. The predicted molar refractivity (Wildman–Crippen MR) is 105 cm³/mol. The van der Waals surface area contributed by atoms with E-state index in [9.17, 15) is 35.1 Å². The van der Waals surface area contributed by atoms with Crippen LogP contribution in [0.2, 0.25) is 0 Å². The topological polar surface area (TPSA) is 9.23 Å². The van der Waals surface area contributed by atoms with Gasteiger partial charge in [-0.25, -0.2) is 17.6 Å². The van der Waals surface area contributed by atoms with Gasteiger partial charge in [0.25, 0.3) is 0 Å². The lowest BCUT2D eigenvalue weighted by Gasteiger charge is -2.20. The lowest BCUT2D eigenvalue weighted by molar-refractivity contribution is -0.187. The molecule has 0 unspecified atom stereocenters. The first-order chi connectivity index (χ1) is 15.3. The van der Waals surface area contributed by atoms with Gasteiger partial charge < -0.3 is 4.74 Å². The summed E-state index contributed by atoms with van der Waals surface area (Å²) in [5.74, 6) is -7.68. The van der Waals surface area contributed by atoms with Crippen LogP contribution in [0.15, 0.2) is 36.4 Å². The van der Waals surface area contributed by atoms with E-state index in [1.807, 2.05) is 0 Å². The number of aryl methyl sites for hydroxylation is 1. The molecule has 0 aliphatic heterocycles. The van der Waals surface area contributed by atoms with E-state index in [4.69, 9.17) is 0 Å². The van der Waals surface area contributed by atoms with Crippen molar-refractivity contribution in [1.82, 2.24) is 0 Å². The molecule has 0 aliphatic rings. The Balaban J connectivity index is 1.79. The Labute approximate surface area is 184 Å². The number of halogens is 9. The molecule has 0 bridgehead atoms. The highest BCUT2D eigenvalue weighted by atomic mass is 32.1. The van der Waals surface area contributed by atoms with Crippen LogP contribution in [0.1, 0.15) is 23.6 Å². The molecule has 0 saturated heterocycles.